The summed E-state index contributed by atoms with van der Waals surface area (Å²) >= 11 is 11.6. The molecule has 0 spiro atoms. The van der Waals surface area contributed by atoms with Gasteiger partial charge in [0.25, 0.3) is 11.1 Å². The minimum Gasteiger partial charge on any atom is -0.342 e. The Morgan fingerprint density at radius 3 is 1.90 bits per heavy atom. The van der Waals surface area contributed by atoms with Gasteiger partial charge < -0.3 is 14.0 Å². The first-order valence-electron chi connectivity index (χ1n) is 15.3. The fourth-order valence-corrected chi connectivity index (χ4v) is 8.00. The highest BCUT2D eigenvalue weighted by molar-refractivity contribution is 7.92. The second kappa shape index (κ2) is 16.2. The third-order valence-electron chi connectivity index (χ3n) is 7.56. The van der Waals surface area contributed by atoms with Crippen LogP contribution in [0.1, 0.15) is 38.7 Å². The summed E-state index contributed by atoms with van der Waals surface area (Å²) in [6.45, 7) is 5.06. The first kappa shape index (κ1) is 37.9. The molecule has 0 atom stereocenters. The molecule has 3 heterocycles. The zero-order chi connectivity index (χ0) is 35.9. The number of nitrogens with zero attached hydrogens (tertiary/aromatic N) is 5. The van der Waals surface area contributed by atoms with Crippen molar-refractivity contribution in [2.45, 2.75) is 62.0 Å². The van der Waals surface area contributed by atoms with Gasteiger partial charge in [-0.25, -0.2) is 31.2 Å². The SMILES string of the molecule is CCn1cc(-c2ccc(F)cc2)nc(S(=O)(=O)Cc2ccc(Cl)cc2)c1=O.CCn1cc(Cl)nc(S(=O)(=O)CC(=O)N2CCCCC2)c1=O. The standard InChI is InChI=1S/C19H16ClFN2O3S.C13H18ClN3O4S/c1-2-23-11-17(14-5-9-16(21)10-6-14)22-18(19(23)24)27(25,26)12-13-3-7-15(20)8-4-13;1-2-16-8-10(14)15-12(13(16)19)22(20,21)9-11(18)17-6-4-3-5-7-17/h3-11H,2,12H2,1H3;8H,2-7,9H2,1H3. The van der Waals surface area contributed by atoms with Crippen molar-refractivity contribution >= 4 is 48.8 Å². The molecule has 1 aliphatic heterocycles. The Labute approximate surface area is 293 Å². The lowest BCUT2D eigenvalue weighted by Crippen LogP contribution is -2.40. The van der Waals surface area contributed by atoms with Crippen molar-refractivity contribution in [3.63, 3.8) is 0 Å². The van der Waals surface area contributed by atoms with Gasteiger partial charge in [-0.05, 0) is 75.1 Å². The van der Waals surface area contributed by atoms with E-state index in [1.54, 1.807) is 38.1 Å². The molecule has 12 nitrogen and oxygen atoms in total. The molecule has 0 N–H and O–H groups in total. The minimum atomic E-state index is -4.11. The number of rotatable bonds is 9. The molecule has 2 aromatic heterocycles. The van der Waals surface area contributed by atoms with Gasteiger partial charge in [-0.1, -0.05) is 35.3 Å². The van der Waals surface area contributed by atoms with Crippen LogP contribution in [0.3, 0.4) is 0 Å². The lowest BCUT2D eigenvalue weighted by molar-refractivity contribution is -0.129. The zero-order valence-corrected chi connectivity index (χ0v) is 29.8. The maximum Gasteiger partial charge on any atom is 0.288 e. The summed E-state index contributed by atoms with van der Waals surface area (Å²) < 4.78 is 66.0. The molecule has 262 valence electrons. The highest BCUT2D eigenvalue weighted by Gasteiger charge is 2.29. The minimum absolute atomic E-state index is 0.0922. The normalized spacial score (nSPS) is 13.4. The summed E-state index contributed by atoms with van der Waals surface area (Å²) in [5, 5.41) is -0.792. The van der Waals surface area contributed by atoms with Crippen molar-refractivity contribution in [3.05, 3.63) is 103 Å². The summed E-state index contributed by atoms with van der Waals surface area (Å²) in [7, 11) is -8.10. The van der Waals surface area contributed by atoms with Crippen LogP contribution in [0.25, 0.3) is 11.3 Å². The second-order valence-electron chi connectivity index (χ2n) is 11.1. The number of carbonyl (C=O) groups is 1. The molecule has 2 aromatic carbocycles. The molecule has 1 fully saturated rings. The third kappa shape index (κ3) is 9.62. The largest absolute Gasteiger partial charge is 0.342 e. The molecular weight excluding hydrogens is 720 g/mol. The predicted octanol–water partition coefficient (Wildman–Crippen LogP) is 4.40. The van der Waals surface area contributed by atoms with E-state index in [4.69, 9.17) is 23.2 Å². The number of halogens is 3. The molecule has 4 aromatic rings. The van der Waals surface area contributed by atoms with Gasteiger partial charge in [0.05, 0.1) is 11.4 Å². The van der Waals surface area contributed by atoms with Crippen LogP contribution in [-0.2, 0) is 43.3 Å². The number of hydrogen-bond acceptors (Lipinski definition) is 9. The van der Waals surface area contributed by atoms with Gasteiger partial charge in [0.15, 0.2) is 0 Å². The third-order valence-corrected chi connectivity index (χ3v) is 11.0. The van der Waals surface area contributed by atoms with E-state index in [-0.39, 0.29) is 29.7 Å². The quantitative estimate of drug-likeness (QED) is 0.242. The second-order valence-corrected chi connectivity index (χ2v) is 15.7. The van der Waals surface area contributed by atoms with Crippen LogP contribution in [0.15, 0.2) is 80.6 Å². The number of benzene rings is 2. The van der Waals surface area contributed by atoms with Crippen LogP contribution in [0.2, 0.25) is 10.2 Å². The van der Waals surface area contributed by atoms with Crippen molar-refractivity contribution in [2.75, 3.05) is 18.8 Å². The first-order chi connectivity index (χ1) is 23.1. The lowest BCUT2D eigenvalue weighted by Gasteiger charge is -2.26. The number of carbonyl (C=O) groups excluding carboxylic acids is 1. The van der Waals surface area contributed by atoms with Gasteiger partial charge in [0.2, 0.25) is 35.6 Å². The van der Waals surface area contributed by atoms with Crippen molar-refractivity contribution in [2.24, 2.45) is 0 Å². The van der Waals surface area contributed by atoms with Crippen LogP contribution >= 0.6 is 23.2 Å². The Hall–Kier alpha value is -3.92. The van der Waals surface area contributed by atoms with Crippen LogP contribution in [0.4, 0.5) is 4.39 Å². The molecule has 1 saturated heterocycles. The molecule has 0 saturated carbocycles. The van der Waals surface area contributed by atoms with E-state index in [1.807, 2.05) is 0 Å². The molecule has 1 amide bonds. The van der Waals surface area contributed by atoms with Gasteiger partial charge in [0.1, 0.15) is 16.7 Å². The van der Waals surface area contributed by atoms with Crippen molar-refractivity contribution < 1.29 is 26.0 Å². The van der Waals surface area contributed by atoms with E-state index in [1.165, 1.54) is 46.1 Å². The number of hydrogen-bond donors (Lipinski definition) is 0. The molecule has 0 bridgehead atoms. The van der Waals surface area contributed by atoms with Crippen molar-refractivity contribution in [1.82, 2.24) is 24.0 Å². The average molecular weight is 755 g/mol. The predicted molar refractivity (Wildman–Crippen MR) is 184 cm³/mol. The maximum absolute atomic E-state index is 13.2. The molecule has 49 heavy (non-hydrogen) atoms. The van der Waals surface area contributed by atoms with Gasteiger partial charge in [0, 0.05) is 49.2 Å². The first-order valence-corrected chi connectivity index (χ1v) is 19.3. The Bertz CT molecular complexity index is 2150. The number of sulfone groups is 2. The lowest BCUT2D eigenvalue weighted by atomic mass is 10.1. The molecule has 0 aliphatic carbocycles. The van der Waals surface area contributed by atoms with Crippen LogP contribution < -0.4 is 11.1 Å². The fourth-order valence-electron chi connectivity index (χ4n) is 4.97. The van der Waals surface area contributed by atoms with E-state index < -0.39 is 58.3 Å². The topological polar surface area (TPSA) is 158 Å². The van der Waals surface area contributed by atoms with Crippen molar-refractivity contribution in [1.29, 1.82) is 0 Å². The molecular formula is C32H34Cl2FN5O7S2. The average Bonchev–Trinajstić information content (AvgIpc) is 3.07. The number of likely N-dealkylation sites (tertiary alicyclic amines) is 1. The number of piperidine rings is 1. The summed E-state index contributed by atoms with van der Waals surface area (Å²) in [6, 6.07) is 11.8. The molecule has 17 heteroatoms. The monoisotopic (exact) mass is 753 g/mol. The van der Waals surface area contributed by atoms with Gasteiger partial charge in [-0.2, -0.15) is 0 Å². The molecule has 0 unspecified atom stereocenters. The summed E-state index contributed by atoms with van der Waals surface area (Å²) in [4.78, 5) is 46.0. The van der Waals surface area contributed by atoms with E-state index in [2.05, 4.69) is 9.97 Å². The van der Waals surface area contributed by atoms with Gasteiger partial charge in [-0.3, -0.25) is 14.4 Å². The summed E-state index contributed by atoms with van der Waals surface area (Å²) in [5.41, 5.74) is -0.140. The Morgan fingerprint density at radius 1 is 0.776 bits per heavy atom. The van der Waals surface area contributed by atoms with E-state index in [0.29, 0.717) is 29.2 Å². The Kier molecular flexibility index (Phi) is 12.5. The van der Waals surface area contributed by atoms with Crippen molar-refractivity contribution in [3.8, 4) is 11.3 Å². The Morgan fingerprint density at radius 2 is 1.33 bits per heavy atom. The van der Waals surface area contributed by atoms with Crippen LogP contribution in [0, 0.1) is 5.82 Å². The van der Waals surface area contributed by atoms with Gasteiger partial charge in [-0.15, -0.1) is 0 Å². The van der Waals surface area contributed by atoms with E-state index in [0.717, 1.165) is 23.8 Å². The smallest absolute Gasteiger partial charge is 0.288 e. The fraction of sp³-hybridized carbons (Fsp3) is 0.344. The molecule has 5 rings (SSSR count). The highest BCUT2D eigenvalue weighted by Crippen LogP contribution is 2.20. The van der Waals surface area contributed by atoms with Gasteiger partial charge >= 0.3 is 0 Å². The Balaban J connectivity index is 0.000000226. The summed E-state index contributed by atoms with van der Waals surface area (Å²) in [5.74, 6) is -2.04. The number of aromatic nitrogens is 4. The summed E-state index contributed by atoms with van der Waals surface area (Å²) in [6.07, 6.45) is 5.51. The maximum atomic E-state index is 13.2. The highest BCUT2D eigenvalue weighted by atomic mass is 35.5. The molecule has 1 aliphatic rings. The number of aryl methyl sites for hydroxylation is 2. The van der Waals surface area contributed by atoms with Crippen LogP contribution in [-0.4, -0.2) is 65.6 Å². The van der Waals surface area contributed by atoms with E-state index in [9.17, 15) is 35.6 Å². The number of amides is 1. The van der Waals surface area contributed by atoms with Crippen LogP contribution in [0.5, 0.6) is 0 Å². The zero-order valence-electron chi connectivity index (χ0n) is 26.7. The van der Waals surface area contributed by atoms with E-state index >= 15 is 0 Å². The molecule has 0 radical (unpaired) electrons.